The molecule has 0 amide bonds. The van der Waals surface area contributed by atoms with Crippen molar-refractivity contribution in [2.75, 3.05) is 0 Å². The molecule has 0 saturated heterocycles. The monoisotopic (exact) mass is 234 g/mol. The van der Waals surface area contributed by atoms with Crippen LogP contribution < -0.4 is 0 Å². The molecule has 0 atom stereocenters. The summed E-state index contributed by atoms with van der Waals surface area (Å²) in [5, 5.41) is 0.386. The smallest absolute Gasteiger partial charge is 0.351 e. The van der Waals surface area contributed by atoms with E-state index in [2.05, 4.69) is 20.1 Å². The van der Waals surface area contributed by atoms with Gasteiger partial charge in [-0.2, -0.15) is 0 Å². The van der Waals surface area contributed by atoms with Crippen LogP contribution in [-0.4, -0.2) is 5.97 Å². The Balaban J connectivity index is 3.03. The van der Waals surface area contributed by atoms with E-state index in [9.17, 15) is 4.79 Å². The van der Waals surface area contributed by atoms with E-state index in [0.717, 1.165) is 0 Å². The van der Waals surface area contributed by atoms with Crippen molar-refractivity contribution >= 4 is 33.8 Å². The highest BCUT2D eigenvalue weighted by Crippen LogP contribution is 2.16. The van der Waals surface area contributed by atoms with Crippen LogP contribution >= 0.6 is 27.9 Å². The van der Waals surface area contributed by atoms with Crippen molar-refractivity contribution in [3.8, 4) is 0 Å². The van der Waals surface area contributed by atoms with Crippen molar-refractivity contribution in [2.24, 2.45) is 0 Å². The van der Waals surface area contributed by atoms with Gasteiger partial charge in [0.15, 0.2) is 16.3 Å². The van der Waals surface area contributed by atoms with E-state index in [1.165, 1.54) is 0 Å². The summed E-state index contributed by atoms with van der Waals surface area (Å²) in [6, 6.07) is 6.67. The first-order valence-electron chi connectivity index (χ1n) is 2.83. The topological polar surface area (TPSA) is 26.3 Å². The van der Waals surface area contributed by atoms with Crippen molar-refractivity contribution in [1.29, 1.82) is 0 Å². The molecule has 1 rings (SSSR count). The molecule has 0 fully saturated rings. The zero-order chi connectivity index (χ0) is 8.27. The lowest BCUT2D eigenvalue weighted by atomic mass is 10.2. The van der Waals surface area contributed by atoms with Crippen molar-refractivity contribution in [3.63, 3.8) is 0 Å². The molecule has 4 heteroatoms. The maximum Gasteiger partial charge on any atom is 0.351 e. The van der Waals surface area contributed by atoms with Gasteiger partial charge < -0.3 is 3.83 Å². The number of hydrogen-bond acceptors (Lipinski definition) is 2. The normalized spacial score (nSPS) is 9.27. The van der Waals surface area contributed by atoms with Gasteiger partial charge in [-0.15, -0.1) is 0 Å². The molecule has 0 aromatic heterocycles. The Kier molecular flexibility index (Phi) is 2.91. The minimum absolute atomic E-state index is 0.353. The second-order valence-electron chi connectivity index (χ2n) is 1.84. The summed E-state index contributed by atoms with van der Waals surface area (Å²) < 4.78 is 4.31. The van der Waals surface area contributed by atoms with Crippen molar-refractivity contribution in [1.82, 2.24) is 0 Å². The van der Waals surface area contributed by atoms with Gasteiger partial charge in [-0.05, 0) is 12.1 Å². The Morgan fingerprint density at radius 3 is 2.64 bits per heavy atom. The fourth-order valence-electron chi connectivity index (χ4n) is 0.668. The number of rotatable bonds is 1. The third kappa shape index (κ3) is 1.94. The Morgan fingerprint density at radius 1 is 1.45 bits per heavy atom. The highest BCUT2D eigenvalue weighted by atomic mass is 79.9. The first-order chi connectivity index (χ1) is 5.25. The highest BCUT2D eigenvalue weighted by Gasteiger charge is 2.08. The van der Waals surface area contributed by atoms with E-state index in [0.29, 0.717) is 10.6 Å². The number of carbonyl (C=O) groups is 1. The molecule has 58 valence electrons. The molecule has 0 aliphatic heterocycles. The number of halogens is 2. The largest absolute Gasteiger partial charge is 0.380 e. The summed E-state index contributed by atoms with van der Waals surface area (Å²) in [5.74, 6) is -0.490. The van der Waals surface area contributed by atoms with Crippen LogP contribution in [-0.2, 0) is 3.83 Å². The van der Waals surface area contributed by atoms with E-state index in [4.69, 9.17) is 11.6 Å². The Bertz CT molecular complexity index is 275. The quantitative estimate of drug-likeness (QED) is 0.748. The van der Waals surface area contributed by atoms with Crippen molar-refractivity contribution in [3.05, 3.63) is 34.9 Å². The van der Waals surface area contributed by atoms with Gasteiger partial charge >= 0.3 is 5.97 Å². The summed E-state index contributed by atoms with van der Waals surface area (Å²) in [6.45, 7) is 0. The zero-order valence-electron chi connectivity index (χ0n) is 5.38. The van der Waals surface area contributed by atoms with Gasteiger partial charge in [0.1, 0.15) is 0 Å². The molecule has 1 aromatic rings. The molecule has 0 heterocycles. The lowest BCUT2D eigenvalue weighted by Crippen LogP contribution is -1.97. The lowest BCUT2D eigenvalue weighted by molar-refractivity contribution is 0.0782. The van der Waals surface area contributed by atoms with Gasteiger partial charge in [0.2, 0.25) is 0 Å². The first-order valence-corrected chi connectivity index (χ1v) is 3.85. The first kappa shape index (κ1) is 8.56. The predicted molar refractivity (Wildman–Crippen MR) is 45.8 cm³/mol. The highest BCUT2D eigenvalue weighted by molar-refractivity contribution is 9.06. The second kappa shape index (κ2) is 3.74. The summed E-state index contributed by atoms with van der Waals surface area (Å²) in [7, 11) is 0. The summed E-state index contributed by atoms with van der Waals surface area (Å²) in [6.07, 6.45) is 0. The third-order valence-electron chi connectivity index (χ3n) is 1.16. The molecule has 0 bridgehead atoms. The molecule has 11 heavy (non-hydrogen) atoms. The van der Waals surface area contributed by atoms with E-state index in [1.54, 1.807) is 24.3 Å². The molecule has 1 aromatic carbocycles. The maximum absolute atomic E-state index is 10.9. The van der Waals surface area contributed by atoms with Crippen LogP contribution in [0.4, 0.5) is 0 Å². The van der Waals surface area contributed by atoms with Crippen LogP contribution in [0, 0.1) is 0 Å². The van der Waals surface area contributed by atoms with Gasteiger partial charge in [0.05, 0.1) is 10.6 Å². The number of hydrogen-bond donors (Lipinski definition) is 0. The number of benzene rings is 1. The van der Waals surface area contributed by atoms with Crippen LogP contribution in [0.3, 0.4) is 0 Å². The van der Waals surface area contributed by atoms with Gasteiger partial charge in [0, 0.05) is 0 Å². The second-order valence-corrected chi connectivity index (χ2v) is 2.58. The molecule has 0 unspecified atom stereocenters. The van der Waals surface area contributed by atoms with E-state index < -0.39 is 5.97 Å². The lowest BCUT2D eigenvalue weighted by Gasteiger charge is -1.97. The van der Waals surface area contributed by atoms with Gasteiger partial charge in [-0.25, -0.2) is 4.79 Å². The maximum atomic E-state index is 10.9. The standard InChI is InChI=1S/C7H4BrClO2/c8-11-7(10)5-3-1-2-4-6(5)9/h1-4H. The van der Waals surface area contributed by atoms with Crippen LogP contribution in [0.1, 0.15) is 10.4 Å². The van der Waals surface area contributed by atoms with Crippen molar-refractivity contribution < 1.29 is 8.62 Å². The molecule has 2 nitrogen and oxygen atoms in total. The Morgan fingerprint density at radius 2 is 2.09 bits per heavy atom. The molecule has 0 spiro atoms. The summed E-state index contributed by atoms with van der Waals surface area (Å²) >= 11 is 8.25. The van der Waals surface area contributed by atoms with Crippen molar-refractivity contribution in [2.45, 2.75) is 0 Å². The number of carbonyl (C=O) groups excluding carboxylic acids is 1. The zero-order valence-corrected chi connectivity index (χ0v) is 7.72. The molecular formula is C7H4BrClO2. The van der Waals surface area contributed by atoms with E-state index in [1.807, 2.05) is 0 Å². The average molecular weight is 235 g/mol. The Hall–Kier alpha value is -0.540. The minimum Gasteiger partial charge on any atom is -0.380 e. The predicted octanol–water partition coefficient (Wildman–Crippen LogP) is 2.81. The van der Waals surface area contributed by atoms with Gasteiger partial charge in [0.25, 0.3) is 0 Å². The molecule has 0 aliphatic carbocycles. The average Bonchev–Trinajstić information content (AvgIpc) is 2.04. The fourth-order valence-corrected chi connectivity index (χ4v) is 1.06. The van der Waals surface area contributed by atoms with E-state index in [-0.39, 0.29) is 0 Å². The molecular weight excluding hydrogens is 231 g/mol. The summed E-state index contributed by atoms with van der Waals surface area (Å²) in [5.41, 5.74) is 0.353. The van der Waals surface area contributed by atoms with E-state index >= 15 is 0 Å². The van der Waals surface area contributed by atoms with Crippen LogP contribution in [0.15, 0.2) is 24.3 Å². The molecule has 0 N–H and O–H groups in total. The Labute approximate surface area is 77.6 Å². The van der Waals surface area contributed by atoms with Gasteiger partial charge in [-0.1, -0.05) is 23.7 Å². The molecule has 0 saturated carbocycles. The van der Waals surface area contributed by atoms with Crippen LogP contribution in [0.5, 0.6) is 0 Å². The van der Waals surface area contributed by atoms with Crippen LogP contribution in [0.2, 0.25) is 5.02 Å². The minimum atomic E-state index is -0.490. The van der Waals surface area contributed by atoms with Gasteiger partial charge in [-0.3, -0.25) is 0 Å². The van der Waals surface area contributed by atoms with Crippen LogP contribution in [0.25, 0.3) is 0 Å². The SMILES string of the molecule is O=C(OBr)c1ccccc1Cl. The molecule has 0 radical (unpaired) electrons. The fraction of sp³-hybridized carbons (Fsp3) is 0. The summed E-state index contributed by atoms with van der Waals surface area (Å²) in [4.78, 5) is 10.9. The molecule has 0 aliphatic rings. The third-order valence-corrected chi connectivity index (χ3v) is 1.79.